The highest BCUT2D eigenvalue weighted by atomic mass is 16.5. The van der Waals surface area contributed by atoms with E-state index in [0.29, 0.717) is 23.2 Å². The third kappa shape index (κ3) is 3.97. The predicted molar refractivity (Wildman–Crippen MR) is 108 cm³/mol. The van der Waals surface area contributed by atoms with Crippen molar-refractivity contribution >= 4 is 5.84 Å². The molecule has 1 aliphatic heterocycles. The van der Waals surface area contributed by atoms with Gasteiger partial charge in [-0.1, -0.05) is 43.3 Å². The third-order valence-corrected chi connectivity index (χ3v) is 4.86. The topological polar surface area (TPSA) is 58.0 Å². The van der Waals surface area contributed by atoms with Gasteiger partial charge in [0.1, 0.15) is 5.75 Å². The van der Waals surface area contributed by atoms with Crippen molar-refractivity contribution in [2.75, 3.05) is 0 Å². The predicted octanol–water partition coefficient (Wildman–Crippen LogP) is 5.09. The first-order chi connectivity index (χ1) is 12.9. The van der Waals surface area contributed by atoms with Gasteiger partial charge in [0.25, 0.3) is 0 Å². The maximum absolute atomic E-state index is 9.79. The molecule has 1 aromatic heterocycles. The largest absolute Gasteiger partial charge is 0.438 e. The van der Waals surface area contributed by atoms with E-state index in [2.05, 4.69) is 56.1 Å². The number of hydrogen-bond acceptors (Lipinski definition) is 4. The lowest BCUT2D eigenvalue weighted by Crippen LogP contribution is -2.40. The summed E-state index contributed by atoms with van der Waals surface area (Å²) in [4.78, 5) is 6.62. The lowest BCUT2D eigenvalue weighted by molar-refractivity contribution is 0.288. The van der Waals surface area contributed by atoms with Gasteiger partial charge in [-0.15, -0.1) is 0 Å². The lowest BCUT2D eigenvalue weighted by Gasteiger charge is -2.29. The van der Waals surface area contributed by atoms with Gasteiger partial charge in [-0.05, 0) is 56.5 Å². The van der Waals surface area contributed by atoms with Gasteiger partial charge < -0.3 is 14.8 Å². The highest BCUT2D eigenvalue weighted by Crippen LogP contribution is 2.30. The zero-order valence-electron chi connectivity index (χ0n) is 16.5. The second-order valence-corrected chi connectivity index (χ2v) is 7.33. The number of hydrogen-bond donors (Lipinski definition) is 1. The minimum atomic E-state index is 0.129. The number of aromatic nitrogens is 1. The Balaban J connectivity index is 1.99. The fraction of sp³-hybridized carbons (Fsp3) is 0.364. The molecule has 0 aliphatic carbocycles. The second kappa shape index (κ2) is 7.82. The molecule has 0 amide bonds. The Morgan fingerprint density at radius 1 is 1.15 bits per heavy atom. The maximum atomic E-state index is 9.79. The van der Waals surface area contributed by atoms with Crippen molar-refractivity contribution in [2.45, 2.75) is 52.6 Å². The van der Waals surface area contributed by atoms with Gasteiger partial charge in [0.2, 0.25) is 5.88 Å². The summed E-state index contributed by atoms with van der Waals surface area (Å²) in [7, 11) is 0. The molecule has 1 aromatic carbocycles. The van der Waals surface area contributed by atoms with Crippen LogP contribution in [0.15, 0.2) is 53.7 Å². The molecule has 0 saturated carbocycles. The van der Waals surface area contributed by atoms with Crippen molar-refractivity contribution in [3.8, 4) is 11.6 Å². The van der Waals surface area contributed by atoms with Gasteiger partial charge in [0.15, 0.2) is 5.84 Å². The molecule has 5 nitrogen and oxygen atoms in total. The van der Waals surface area contributed by atoms with Crippen molar-refractivity contribution in [2.24, 2.45) is 5.16 Å². The first kappa shape index (κ1) is 19.0. The summed E-state index contributed by atoms with van der Waals surface area (Å²) in [6.07, 6.45) is 4.20. The molecule has 0 saturated heterocycles. The van der Waals surface area contributed by atoms with Crippen LogP contribution in [0.25, 0.3) is 0 Å². The Hall–Kier alpha value is -2.82. The van der Waals surface area contributed by atoms with E-state index in [0.717, 1.165) is 11.4 Å². The Bertz CT molecular complexity index is 862. The third-order valence-electron chi connectivity index (χ3n) is 4.86. The first-order valence-electron chi connectivity index (χ1n) is 9.35. The molecule has 0 spiro atoms. The minimum absolute atomic E-state index is 0.129. The summed E-state index contributed by atoms with van der Waals surface area (Å²) >= 11 is 0. The van der Waals surface area contributed by atoms with Crippen LogP contribution in [-0.2, 0) is 0 Å². The molecule has 3 rings (SSSR count). The van der Waals surface area contributed by atoms with Crippen LogP contribution in [0, 0.1) is 6.92 Å². The number of oxime groups is 1. The summed E-state index contributed by atoms with van der Waals surface area (Å²) in [5.41, 5.74) is 2.70. The van der Waals surface area contributed by atoms with Gasteiger partial charge in [-0.25, -0.2) is 4.98 Å². The molecule has 0 bridgehead atoms. The van der Waals surface area contributed by atoms with Crippen molar-refractivity contribution in [3.05, 3.63) is 65.4 Å². The van der Waals surface area contributed by atoms with E-state index in [4.69, 9.17) is 4.74 Å². The van der Waals surface area contributed by atoms with Crippen LogP contribution in [0.4, 0.5) is 0 Å². The van der Waals surface area contributed by atoms with Crippen LogP contribution < -0.4 is 4.74 Å². The quantitative estimate of drug-likeness (QED) is 0.269. The molecule has 2 atom stereocenters. The van der Waals surface area contributed by atoms with E-state index in [9.17, 15) is 5.21 Å². The monoisotopic (exact) mass is 365 g/mol. The van der Waals surface area contributed by atoms with Crippen LogP contribution in [0.3, 0.4) is 0 Å². The molecule has 1 N–H and O–H groups in total. The highest BCUT2D eigenvalue weighted by Gasteiger charge is 2.29. The molecule has 2 heterocycles. The second-order valence-electron chi connectivity index (χ2n) is 7.33. The van der Waals surface area contributed by atoms with Crippen LogP contribution in [0.5, 0.6) is 11.6 Å². The Kier molecular flexibility index (Phi) is 5.49. The van der Waals surface area contributed by atoms with E-state index in [1.807, 2.05) is 42.2 Å². The summed E-state index contributed by atoms with van der Waals surface area (Å²) in [6, 6.07) is 12.1. The summed E-state index contributed by atoms with van der Waals surface area (Å²) in [6.45, 7) is 10.3. The van der Waals surface area contributed by atoms with E-state index >= 15 is 0 Å². The highest BCUT2D eigenvalue weighted by molar-refractivity contribution is 6.01. The maximum Gasteiger partial charge on any atom is 0.230 e. The van der Waals surface area contributed by atoms with Crippen molar-refractivity contribution < 1.29 is 9.94 Å². The standard InChI is InChI=1S/C22H27N3O2/c1-14(2)18-7-6-8-19(13-18)27-22-20(12-9-15(3)23-22)21(24-26)25-16(4)10-11-17(25)5/h6-14,16-17,26H,1-5H3/b24-21-. The van der Waals surface area contributed by atoms with Gasteiger partial charge in [-0.3, -0.25) is 0 Å². The smallest absolute Gasteiger partial charge is 0.230 e. The number of amidine groups is 1. The van der Waals surface area contributed by atoms with Crippen molar-refractivity contribution in [3.63, 3.8) is 0 Å². The molecule has 5 heteroatoms. The summed E-state index contributed by atoms with van der Waals surface area (Å²) in [5.74, 6) is 2.03. The molecule has 0 fully saturated rings. The van der Waals surface area contributed by atoms with Crippen molar-refractivity contribution in [1.82, 2.24) is 9.88 Å². The van der Waals surface area contributed by atoms with Gasteiger partial charge in [0, 0.05) is 17.8 Å². The zero-order chi connectivity index (χ0) is 19.6. The zero-order valence-corrected chi connectivity index (χ0v) is 16.5. The van der Waals surface area contributed by atoms with Gasteiger partial charge in [0.05, 0.1) is 5.56 Å². The normalized spacial score (nSPS) is 19.8. The van der Waals surface area contributed by atoms with Gasteiger partial charge >= 0.3 is 0 Å². The van der Waals surface area contributed by atoms with Crippen molar-refractivity contribution in [1.29, 1.82) is 0 Å². The van der Waals surface area contributed by atoms with E-state index in [1.165, 1.54) is 5.56 Å². The summed E-state index contributed by atoms with van der Waals surface area (Å²) in [5, 5.41) is 13.4. The molecule has 0 radical (unpaired) electrons. The van der Waals surface area contributed by atoms with Crippen LogP contribution in [-0.4, -0.2) is 33.0 Å². The van der Waals surface area contributed by atoms with Crippen LogP contribution in [0.2, 0.25) is 0 Å². The molecule has 1 aliphatic rings. The Labute approximate surface area is 161 Å². The molecule has 142 valence electrons. The minimum Gasteiger partial charge on any atom is -0.438 e. The first-order valence-corrected chi connectivity index (χ1v) is 9.35. The number of aryl methyl sites for hydroxylation is 1. The van der Waals surface area contributed by atoms with E-state index in [1.54, 1.807) is 0 Å². The fourth-order valence-electron chi connectivity index (χ4n) is 3.34. The number of nitrogens with zero attached hydrogens (tertiary/aromatic N) is 3. The van der Waals surface area contributed by atoms with Crippen LogP contribution >= 0.6 is 0 Å². The SMILES string of the molecule is Cc1ccc(/C(=N/O)N2C(C)C=CC2C)c(Oc2cccc(C(C)C)c2)n1. The Morgan fingerprint density at radius 3 is 2.48 bits per heavy atom. The summed E-state index contributed by atoms with van der Waals surface area (Å²) < 4.78 is 6.14. The van der Waals surface area contributed by atoms with E-state index in [-0.39, 0.29) is 12.1 Å². The molecule has 27 heavy (non-hydrogen) atoms. The van der Waals surface area contributed by atoms with Gasteiger partial charge in [-0.2, -0.15) is 0 Å². The Morgan fingerprint density at radius 2 is 1.85 bits per heavy atom. The molecular formula is C22H27N3O2. The molecular weight excluding hydrogens is 338 g/mol. The average molecular weight is 365 g/mol. The molecule has 2 unspecified atom stereocenters. The van der Waals surface area contributed by atoms with Crippen LogP contribution in [0.1, 0.15) is 50.4 Å². The number of ether oxygens (including phenoxy) is 1. The lowest BCUT2D eigenvalue weighted by atomic mass is 10.0. The van der Waals surface area contributed by atoms with E-state index < -0.39 is 0 Å². The molecule has 2 aromatic rings. The average Bonchev–Trinajstić information content (AvgIpc) is 2.97. The number of benzene rings is 1. The number of pyridine rings is 1. The number of rotatable bonds is 4. The fourth-order valence-corrected chi connectivity index (χ4v) is 3.34.